The molecule has 0 radical (unpaired) electrons. The van der Waals surface area contributed by atoms with E-state index in [9.17, 15) is 18.8 Å². The first-order valence-corrected chi connectivity index (χ1v) is 9.72. The van der Waals surface area contributed by atoms with Crippen LogP contribution in [0.4, 0.5) is 15.8 Å². The number of benzene rings is 2. The standard InChI is InChI=1S/C22H24FN3O4/c1-16(27)24-18-8-6-17(7-9-18)14-22(29)30-15-21(28)26-12-10-25(11-13-26)20-5-3-2-4-19(20)23/h2-9H,10-15H2,1H3,(H,24,27). The minimum atomic E-state index is -0.499. The van der Waals surface area contributed by atoms with E-state index in [1.54, 1.807) is 47.4 Å². The van der Waals surface area contributed by atoms with Gasteiger partial charge in [-0.1, -0.05) is 24.3 Å². The van der Waals surface area contributed by atoms with Crippen LogP contribution in [0.25, 0.3) is 0 Å². The van der Waals surface area contributed by atoms with Gasteiger partial charge in [0.15, 0.2) is 6.61 Å². The van der Waals surface area contributed by atoms with Crippen LogP contribution < -0.4 is 10.2 Å². The van der Waals surface area contributed by atoms with Gasteiger partial charge in [-0.2, -0.15) is 0 Å². The fourth-order valence-electron chi connectivity index (χ4n) is 3.27. The van der Waals surface area contributed by atoms with Crippen LogP contribution in [0.15, 0.2) is 48.5 Å². The third-order valence-electron chi connectivity index (χ3n) is 4.80. The van der Waals surface area contributed by atoms with Gasteiger partial charge in [0.25, 0.3) is 5.91 Å². The lowest BCUT2D eigenvalue weighted by molar-refractivity contribution is -0.151. The summed E-state index contributed by atoms with van der Waals surface area (Å²) in [5.74, 6) is -1.22. The molecule has 2 amide bonds. The predicted octanol–water partition coefficient (Wildman–Crippen LogP) is 2.22. The van der Waals surface area contributed by atoms with Gasteiger partial charge < -0.3 is 19.9 Å². The van der Waals surface area contributed by atoms with Crippen molar-refractivity contribution in [2.75, 3.05) is 43.0 Å². The lowest BCUT2D eigenvalue weighted by atomic mass is 10.1. The highest BCUT2D eigenvalue weighted by atomic mass is 19.1. The number of hydrogen-bond donors (Lipinski definition) is 1. The van der Waals surface area contributed by atoms with E-state index in [1.807, 2.05) is 4.90 Å². The molecule has 1 fully saturated rings. The largest absolute Gasteiger partial charge is 0.455 e. The number of ether oxygens (including phenoxy) is 1. The molecule has 1 N–H and O–H groups in total. The van der Waals surface area contributed by atoms with Gasteiger partial charge in [-0.05, 0) is 29.8 Å². The number of halogens is 1. The van der Waals surface area contributed by atoms with Crippen molar-refractivity contribution in [2.45, 2.75) is 13.3 Å². The van der Waals surface area contributed by atoms with E-state index < -0.39 is 5.97 Å². The van der Waals surface area contributed by atoms with Gasteiger partial charge in [0, 0.05) is 38.8 Å². The highest BCUT2D eigenvalue weighted by molar-refractivity contribution is 5.88. The average Bonchev–Trinajstić information content (AvgIpc) is 2.73. The third kappa shape index (κ3) is 5.79. The van der Waals surface area contributed by atoms with Gasteiger partial charge in [-0.15, -0.1) is 0 Å². The first kappa shape index (κ1) is 21.3. The maximum atomic E-state index is 13.9. The molecule has 0 unspecified atom stereocenters. The van der Waals surface area contributed by atoms with Crippen molar-refractivity contribution < 1.29 is 23.5 Å². The summed E-state index contributed by atoms with van der Waals surface area (Å²) in [5.41, 5.74) is 1.89. The van der Waals surface area contributed by atoms with E-state index >= 15 is 0 Å². The van der Waals surface area contributed by atoms with Crippen LogP contribution in [0.3, 0.4) is 0 Å². The monoisotopic (exact) mass is 413 g/mol. The number of anilines is 2. The lowest BCUT2D eigenvalue weighted by Crippen LogP contribution is -2.50. The van der Waals surface area contributed by atoms with Crippen molar-refractivity contribution in [2.24, 2.45) is 0 Å². The summed E-state index contributed by atoms with van der Waals surface area (Å²) in [5, 5.41) is 2.65. The molecule has 2 aromatic carbocycles. The molecule has 7 nitrogen and oxygen atoms in total. The Bertz CT molecular complexity index is 909. The summed E-state index contributed by atoms with van der Waals surface area (Å²) >= 11 is 0. The number of carbonyl (C=O) groups is 3. The molecule has 2 aromatic rings. The fraction of sp³-hybridized carbons (Fsp3) is 0.318. The second-order valence-corrected chi connectivity index (χ2v) is 7.03. The highest BCUT2D eigenvalue weighted by Gasteiger charge is 2.23. The van der Waals surface area contributed by atoms with Gasteiger partial charge in [-0.3, -0.25) is 14.4 Å². The van der Waals surface area contributed by atoms with Crippen LogP contribution in [0.5, 0.6) is 0 Å². The van der Waals surface area contributed by atoms with Crippen LogP contribution >= 0.6 is 0 Å². The highest BCUT2D eigenvalue weighted by Crippen LogP contribution is 2.20. The van der Waals surface area contributed by atoms with E-state index in [0.717, 1.165) is 5.56 Å². The van der Waals surface area contributed by atoms with Crippen molar-refractivity contribution >= 4 is 29.2 Å². The molecule has 158 valence electrons. The van der Waals surface area contributed by atoms with Gasteiger partial charge in [-0.25, -0.2) is 4.39 Å². The smallest absolute Gasteiger partial charge is 0.310 e. The molecule has 1 aliphatic rings. The quantitative estimate of drug-likeness (QED) is 0.735. The molecule has 1 heterocycles. The van der Waals surface area contributed by atoms with Crippen LogP contribution in [0.1, 0.15) is 12.5 Å². The van der Waals surface area contributed by atoms with Crippen molar-refractivity contribution in [3.8, 4) is 0 Å². The van der Waals surface area contributed by atoms with E-state index in [2.05, 4.69) is 5.32 Å². The summed E-state index contributed by atoms with van der Waals surface area (Å²) < 4.78 is 19.0. The summed E-state index contributed by atoms with van der Waals surface area (Å²) in [4.78, 5) is 38.9. The number of piperazine rings is 1. The molecule has 0 spiro atoms. The molecule has 1 aliphatic heterocycles. The van der Waals surface area contributed by atoms with Crippen LogP contribution in [-0.2, 0) is 25.5 Å². The SMILES string of the molecule is CC(=O)Nc1ccc(CC(=O)OCC(=O)N2CCN(c3ccccc3F)CC2)cc1. The van der Waals surface area contributed by atoms with E-state index in [-0.39, 0.29) is 30.7 Å². The van der Waals surface area contributed by atoms with Crippen molar-refractivity contribution in [3.63, 3.8) is 0 Å². The Kier molecular flexibility index (Phi) is 7.00. The van der Waals surface area contributed by atoms with Gasteiger partial charge in [0.1, 0.15) is 5.82 Å². The van der Waals surface area contributed by atoms with Crippen molar-refractivity contribution in [1.29, 1.82) is 0 Å². The third-order valence-corrected chi connectivity index (χ3v) is 4.80. The van der Waals surface area contributed by atoms with E-state index in [1.165, 1.54) is 13.0 Å². The zero-order valence-corrected chi connectivity index (χ0v) is 16.8. The van der Waals surface area contributed by atoms with Gasteiger partial charge in [0.05, 0.1) is 12.1 Å². The fourth-order valence-corrected chi connectivity index (χ4v) is 3.27. The van der Waals surface area contributed by atoms with E-state index in [0.29, 0.717) is 37.6 Å². The molecule has 3 rings (SSSR count). The Labute approximate surface area is 174 Å². The molecule has 0 aromatic heterocycles. The second-order valence-electron chi connectivity index (χ2n) is 7.03. The number of hydrogen-bond acceptors (Lipinski definition) is 5. The normalized spacial score (nSPS) is 13.7. The molecule has 0 aliphatic carbocycles. The maximum Gasteiger partial charge on any atom is 0.310 e. The van der Waals surface area contributed by atoms with Gasteiger partial charge >= 0.3 is 5.97 Å². The number of nitrogens with one attached hydrogen (secondary N) is 1. The first-order chi connectivity index (χ1) is 14.4. The lowest BCUT2D eigenvalue weighted by Gasteiger charge is -2.36. The van der Waals surface area contributed by atoms with Crippen LogP contribution in [0, 0.1) is 5.82 Å². The van der Waals surface area contributed by atoms with Gasteiger partial charge in [0.2, 0.25) is 5.91 Å². The predicted molar refractivity (Wildman–Crippen MR) is 111 cm³/mol. The minimum Gasteiger partial charge on any atom is -0.455 e. The summed E-state index contributed by atoms with van der Waals surface area (Å²) in [7, 11) is 0. The number of para-hydroxylation sites is 1. The Morgan fingerprint density at radius 2 is 1.67 bits per heavy atom. The Morgan fingerprint density at radius 3 is 2.30 bits per heavy atom. The molecule has 1 saturated heterocycles. The van der Waals surface area contributed by atoms with E-state index in [4.69, 9.17) is 4.74 Å². The molecule has 0 atom stereocenters. The number of carbonyl (C=O) groups excluding carboxylic acids is 3. The summed E-state index contributed by atoms with van der Waals surface area (Å²) in [6, 6.07) is 13.4. The average molecular weight is 413 g/mol. The number of nitrogens with zero attached hydrogens (tertiary/aromatic N) is 2. The Morgan fingerprint density at radius 1 is 1.00 bits per heavy atom. The zero-order valence-electron chi connectivity index (χ0n) is 16.8. The summed E-state index contributed by atoms with van der Waals surface area (Å²) in [6.45, 7) is 3.01. The first-order valence-electron chi connectivity index (χ1n) is 9.72. The molecular formula is C22H24FN3O4. The minimum absolute atomic E-state index is 0.0364. The van der Waals surface area contributed by atoms with Crippen LogP contribution in [-0.4, -0.2) is 55.5 Å². The second kappa shape index (κ2) is 9.87. The molecular weight excluding hydrogens is 389 g/mol. The number of amides is 2. The van der Waals surface area contributed by atoms with Crippen molar-refractivity contribution in [1.82, 2.24) is 4.90 Å². The summed E-state index contributed by atoms with van der Waals surface area (Å²) in [6.07, 6.45) is 0.0364. The topological polar surface area (TPSA) is 78.9 Å². The number of rotatable bonds is 6. The Balaban J connectivity index is 1.42. The molecule has 0 saturated carbocycles. The molecule has 30 heavy (non-hydrogen) atoms. The molecule has 0 bridgehead atoms. The Hall–Kier alpha value is -3.42. The maximum absolute atomic E-state index is 13.9. The van der Waals surface area contributed by atoms with Crippen molar-refractivity contribution in [3.05, 3.63) is 59.9 Å². The zero-order chi connectivity index (χ0) is 21.5. The van der Waals surface area contributed by atoms with Crippen LogP contribution in [0.2, 0.25) is 0 Å². The molecule has 8 heteroatoms. The number of esters is 1.